The fraction of sp³-hybridized carbons (Fsp3) is 0.500. The van der Waals surface area contributed by atoms with E-state index in [2.05, 4.69) is 5.32 Å². The highest BCUT2D eigenvalue weighted by Crippen LogP contribution is 2.09. The molecule has 0 saturated carbocycles. The first-order valence-electron chi connectivity index (χ1n) is 6.25. The summed E-state index contributed by atoms with van der Waals surface area (Å²) in [4.78, 5) is 11.9. The lowest BCUT2D eigenvalue weighted by Gasteiger charge is -2.20. The number of aliphatic hydroxyl groups excluding tert-OH is 1. The smallest absolute Gasteiger partial charge is 0.224 e. The molecule has 1 aromatic carbocycles. The quantitative estimate of drug-likeness (QED) is 0.699. The van der Waals surface area contributed by atoms with Gasteiger partial charge in [-0.3, -0.25) is 4.79 Å². The number of aliphatic hydroxyl groups is 1. The van der Waals surface area contributed by atoms with E-state index in [0.717, 1.165) is 11.1 Å². The van der Waals surface area contributed by atoms with Crippen LogP contribution < -0.4 is 11.1 Å². The van der Waals surface area contributed by atoms with Crippen LogP contribution in [0.25, 0.3) is 0 Å². The van der Waals surface area contributed by atoms with Crippen molar-refractivity contribution in [2.75, 3.05) is 6.61 Å². The van der Waals surface area contributed by atoms with Gasteiger partial charge in [0, 0.05) is 6.54 Å². The SMILES string of the molecule is CC(C)[C@@H](CO)NC(=O)Cc1ccccc1CN. The molecule has 0 aromatic heterocycles. The third-order valence-corrected chi connectivity index (χ3v) is 3.04. The van der Waals surface area contributed by atoms with E-state index in [1.54, 1.807) is 0 Å². The van der Waals surface area contributed by atoms with Crippen LogP contribution in [0.5, 0.6) is 0 Å². The van der Waals surface area contributed by atoms with Crippen LogP contribution in [0.2, 0.25) is 0 Å². The maximum atomic E-state index is 11.9. The highest BCUT2D eigenvalue weighted by molar-refractivity contribution is 5.79. The maximum Gasteiger partial charge on any atom is 0.224 e. The lowest BCUT2D eigenvalue weighted by Crippen LogP contribution is -2.41. The number of amides is 1. The molecule has 4 heteroatoms. The summed E-state index contributed by atoms with van der Waals surface area (Å²) < 4.78 is 0. The Morgan fingerprint density at radius 1 is 1.33 bits per heavy atom. The monoisotopic (exact) mass is 250 g/mol. The van der Waals surface area contributed by atoms with Crippen LogP contribution in [0.4, 0.5) is 0 Å². The molecule has 0 radical (unpaired) electrons. The molecule has 0 spiro atoms. The number of hydrogen-bond acceptors (Lipinski definition) is 3. The average Bonchev–Trinajstić information content (AvgIpc) is 2.36. The van der Waals surface area contributed by atoms with Crippen LogP contribution in [-0.2, 0) is 17.8 Å². The Morgan fingerprint density at radius 3 is 2.44 bits per heavy atom. The zero-order valence-electron chi connectivity index (χ0n) is 11.0. The third-order valence-electron chi connectivity index (χ3n) is 3.04. The Kier molecular flexibility index (Phi) is 5.82. The van der Waals surface area contributed by atoms with Gasteiger partial charge in [-0.2, -0.15) is 0 Å². The van der Waals surface area contributed by atoms with Gasteiger partial charge in [0.15, 0.2) is 0 Å². The maximum absolute atomic E-state index is 11.9. The average molecular weight is 250 g/mol. The van der Waals surface area contributed by atoms with Crippen molar-refractivity contribution in [3.63, 3.8) is 0 Å². The summed E-state index contributed by atoms with van der Waals surface area (Å²) >= 11 is 0. The molecule has 100 valence electrons. The van der Waals surface area contributed by atoms with Crippen molar-refractivity contribution in [1.29, 1.82) is 0 Å². The Labute approximate surface area is 108 Å². The number of nitrogens with one attached hydrogen (secondary N) is 1. The first kappa shape index (κ1) is 14.7. The molecule has 0 fully saturated rings. The lowest BCUT2D eigenvalue weighted by atomic mass is 10.0. The van der Waals surface area contributed by atoms with Gasteiger partial charge in [0.2, 0.25) is 5.91 Å². The molecule has 0 saturated heterocycles. The van der Waals surface area contributed by atoms with E-state index in [-0.39, 0.29) is 24.5 Å². The summed E-state index contributed by atoms with van der Waals surface area (Å²) in [5.41, 5.74) is 7.56. The van der Waals surface area contributed by atoms with Gasteiger partial charge in [-0.15, -0.1) is 0 Å². The van der Waals surface area contributed by atoms with Crippen LogP contribution in [0.1, 0.15) is 25.0 Å². The standard InChI is InChI=1S/C14H22N2O2/c1-10(2)13(9-17)16-14(18)7-11-5-3-4-6-12(11)8-15/h3-6,10,13,17H,7-9,15H2,1-2H3,(H,16,18)/t13-/m1/s1. The topological polar surface area (TPSA) is 75.3 Å². The molecule has 4 N–H and O–H groups in total. The van der Waals surface area contributed by atoms with Crippen LogP contribution in [-0.4, -0.2) is 23.7 Å². The normalized spacial score (nSPS) is 12.5. The summed E-state index contributed by atoms with van der Waals surface area (Å²) in [6, 6.07) is 7.45. The minimum absolute atomic E-state index is 0.0397. The summed E-state index contributed by atoms with van der Waals surface area (Å²) in [6.45, 7) is 4.32. The number of benzene rings is 1. The number of hydrogen-bond donors (Lipinski definition) is 3. The Balaban J connectivity index is 2.64. The second-order valence-electron chi connectivity index (χ2n) is 4.75. The van der Waals surface area contributed by atoms with Gasteiger partial charge in [0.25, 0.3) is 0 Å². The molecule has 0 aliphatic carbocycles. The number of carbonyl (C=O) groups excluding carboxylic acids is 1. The fourth-order valence-electron chi connectivity index (χ4n) is 1.78. The predicted octanol–water partition coefficient (Wildman–Crippen LogP) is 0.821. The van der Waals surface area contributed by atoms with Crippen molar-refractivity contribution in [1.82, 2.24) is 5.32 Å². The van der Waals surface area contributed by atoms with Crippen molar-refractivity contribution in [2.45, 2.75) is 32.9 Å². The van der Waals surface area contributed by atoms with Gasteiger partial charge in [0.1, 0.15) is 0 Å². The highest BCUT2D eigenvalue weighted by atomic mass is 16.3. The van der Waals surface area contributed by atoms with Crippen molar-refractivity contribution in [3.05, 3.63) is 35.4 Å². The summed E-state index contributed by atoms with van der Waals surface area (Å²) in [7, 11) is 0. The van der Waals surface area contributed by atoms with Gasteiger partial charge in [0.05, 0.1) is 19.1 Å². The molecule has 4 nitrogen and oxygen atoms in total. The molecule has 1 rings (SSSR count). The molecule has 0 aliphatic heterocycles. The summed E-state index contributed by atoms with van der Waals surface area (Å²) in [5, 5.41) is 12.0. The van der Waals surface area contributed by atoms with Gasteiger partial charge in [-0.1, -0.05) is 38.1 Å². The summed E-state index contributed by atoms with van der Waals surface area (Å²) in [6.07, 6.45) is 0.302. The first-order valence-corrected chi connectivity index (χ1v) is 6.25. The highest BCUT2D eigenvalue weighted by Gasteiger charge is 2.15. The van der Waals surface area contributed by atoms with Gasteiger partial charge in [-0.25, -0.2) is 0 Å². The minimum atomic E-state index is -0.192. The number of carbonyl (C=O) groups is 1. The molecule has 0 bridgehead atoms. The van der Waals surface area contributed by atoms with Crippen LogP contribution in [0.15, 0.2) is 24.3 Å². The van der Waals surface area contributed by atoms with Crippen molar-refractivity contribution >= 4 is 5.91 Å². The van der Waals surface area contributed by atoms with E-state index in [1.165, 1.54) is 0 Å². The van der Waals surface area contributed by atoms with E-state index >= 15 is 0 Å². The summed E-state index contributed by atoms with van der Waals surface area (Å²) in [5.74, 6) is 0.132. The van der Waals surface area contributed by atoms with Crippen LogP contribution >= 0.6 is 0 Å². The molecule has 0 unspecified atom stereocenters. The largest absolute Gasteiger partial charge is 0.394 e. The fourth-order valence-corrected chi connectivity index (χ4v) is 1.78. The third kappa shape index (κ3) is 4.13. The van der Waals surface area contributed by atoms with Gasteiger partial charge in [-0.05, 0) is 17.0 Å². The Bertz CT molecular complexity index is 391. The van der Waals surface area contributed by atoms with Crippen LogP contribution in [0.3, 0.4) is 0 Å². The van der Waals surface area contributed by atoms with Gasteiger partial charge < -0.3 is 16.2 Å². The van der Waals surface area contributed by atoms with E-state index in [1.807, 2.05) is 38.1 Å². The van der Waals surface area contributed by atoms with Crippen molar-refractivity contribution < 1.29 is 9.90 Å². The van der Waals surface area contributed by atoms with E-state index in [4.69, 9.17) is 5.73 Å². The predicted molar refractivity (Wildman–Crippen MR) is 71.9 cm³/mol. The Morgan fingerprint density at radius 2 is 1.94 bits per heavy atom. The zero-order valence-corrected chi connectivity index (χ0v) is 11.0. The minimum Gasteiger partial charge on any atom is -0.394 e. The number of rotatable bonds is 6. The van der Waals surface area contributed by atoms with Crippen molar-refractivity contribution in [3.8, 4) is 0 Å². The van der Waals surface area contributed by atoms with Gasteiger partial charge >= 0.3 is 0 Å². The molecular formula is C14H22N2O2. The molecular weight excluding hydrogens is 228 g/mol. The van der Waals surface area contributed by atoms with E-state index < -0.39 is 0 Å². The second kappa shape index (κ2) is 7.13. The lowest BCUT2D eigenvalue weighted by molar-refractivity contribution is -0.121. The Hall–Kier alpha value is -1.39. The second-order valence-corrected chi connectivity index (χ2v) is 4.75. The molecule has 18 heavy (non-hydrogen) atoms. The first-order chi connectivity index (χ1) is 8.58. The molecule has 1 aromatic rings. The van der Waals surface area contributed by atoms with Crippen molar-refractivity contribution in [2.24, 2.45) is 11.7 Å². The molecule has 0 heterocycles. The van der Waals surface area contributed by atoms with E-state index in [9.17, 15) is 9.90 Å². The zero-order chi connectivity index (χ0) is 13.5. The molecule has 1 atom stereocenters. The number of nitrogens with two attached hydrogens (primary N) is 1. The van der Waals surface area contributed by atoms with E-state index in [0.29, 0.717) is 13.0 Å². The molecule has 0 aliphatic rings. The molecule has 1 amide bonds. The van der Waals surface area contributed by atoms with Crippen LogP contribution in [0, 0.1) is 5.92 Å².